The fourth-order valence-electron chi connectivity index (χ4n) is 2.25. The molecule has 1 amide bonds. The van der Waals surface area contributed by atoms with Crippen LogP contribution in [0.3, 0.4) is 0 Å². The number of rotatable bonds is 7. The molecule has 1 aromatic rings. The highest BCUT2D eigenvalue weighted by molar-refractivity contribution is 5.94. The fraction of sp³-hybridized carbons (Fsp3) is 0.471. The summed E-state index contributed by atoms with van der Waals surface area (Å²) in [7, 11) is 0. The predicted octanol–water partition coefficient (Wildman–Crippen LogP) is 3.56. The molecule has 0 saturated heterocycles. The number of hydrogen-bond donors (Lipinski definition) is 1. The van der Waals surface area contributed by atoms with E-state index in [0.29, 0.717) is 11.3 Å². The Morgan fingerprint density at radius 1 is 1.22 bits per heavy atom. The Hall–Kier alpha value is -1.59. The Bertz CT molecular complexity index is 508. The normalized spacial score (nSPS) is 11.4. The molecule has 0 radical (unpaired) electrons. The zero-order valence-electron chi connectivity index (χ0n) is 14.1. The third-order valence-corrected chi connectivity index (χ3v) is 3.16. The van der Waals surface area contributed by atoms with E-state index in [-0.39, 0.29) is 43.5 Å². The van der Waals surface area contributed by atoms with Gasteiger partial charge in [-0.3, -0.25) is 4.79 Å². The molecule has 0 aliphatic carbocycles. The summed E-state index contributed by atoms with van der Waals surface area (Å²) >= 11 is 0. The summed E-state index contributed by atoms with van der Waals surface area (Å²) < 4.78 is 18.5. The van der Waals surface area contributed by atoms with Gasteiger partial charge in [0, 0.05) is 24.2 Å². The van der Waals surface area contributed by atoms with Crippen molar-refractivity contribution in [2.24, 2.45) is 5.73 Å². The van der Waals surface area contributed by atoms with E-state index in [4.69, 9.17) is 10.5 Å². The van der Waals surface area contributed by atoms with Crippen LogP contribution in [0.5, 0.6) is 5.75 Å². The van der Waals surface area contributed by atoms with Crippen LogP contribution in [0, 0.1) is 0 Å². The molecule has 0 heterocycles. The van der Waals surface area contributed by atoms with E-state index >= 15 is 0 Å². The predicted molar refractivity (Wildman–Crippen MR) is 93.9 cm³/mol. The van der Waals surface area contributed by atoms with Gasteiger partial charge in [0.2, 0.25) is 0 Å². The standard InChI is InChI=1S/C17H25FN2O2.ClH/c1-12(2)20(13(3)4)17(21)14-5-7-16(8-6-14)22-11-15(18)9-10-19;/h5-9,12-13H,10-11,19H2,1-4H3;1H/b15-9+;. The highest BCUT2D eigenvalue weighted by Gasteiger charge is 2.21. The third-order valence-electron chi connectivity index (χ3n) is 3.16. The van der Waals surface area contributed by atoms with Gasteiger partial charge in [0.25, 0.3) is 5.91 Å². The molecule has 0 atom stereocenters. The maximum absolute atomic E-state index is 13.2. The maximum atomic E-state index is 13.2. The number of carbonyl (C=O) groups is 1. The first-order valence-electron chi connectivity index (χ1n) is 7.47. The molecule has 0 unspecified atom stereocenters. The Kier molecular flexibility index (Phi) is 9.53. The van der Waals surface area contributed by atoms with Gasteiger partial charge in [-0.25, -0.2) is 4.39 Å². The van der Waals surface area contributed by atoms with Crippen LogP contribution >= 0.6 is 12.4 Å². The van der Waals surface area contributed by atoms with Crippen LogP contribution in [0.2, 0.25) is 0 Å². The molecule has 0 spiro atoms. The summed E-state index contributed by atoms with van der Waals surface area (Å²) in [5.41, 5.74) is 5.80. The monoisotopic (exact) mass is 344 g/mol. The molecule has 0 aromatic heterocycles. The summed E-state index contributed by atoms with van der Waals surface area (Å²) in [5.74, 6) is 0.0805. The van der Waals surface area contributed by atoms with Gasteiger partial charge in [0.1, 0.15) is 18.2 Å². The molecule has 2 N–H and O–H groups in total. The quantitative estimate of drug-likeness (QED) is 0.822. The molecule has 0 saturated carbocycles. The van der Waals surface area contributed by atoms with Crippen molar-refractivity contribution in [1.82, 2.24) is 4.90 Å². The largest absolute Gasteiger partial charge is 0.487 e. The Balaban J connectivity index is 0.00000484. The number of nitrogens with two attached hydrogens (primary N) is 1. The van der Waals surface area contributed by atoms with Gasteiger partial charge in [-0.1, -0.05) is 0 Å². The second kappa shape index (κ2) is 10.2. The number of nitrogens with zero attached hydrogens (tertiary/aromatic N) is 1. The average Bonchev–Trinajstić information content (AvgIpc) is 2.45. The van der Waals surface area contributed by atoms with E-state index in [0.717, 1.165) is 0 Å². The first-order chi connectivity index (χ1) is 10.4. The van der Waals surface area contributed by atoms with Gasteiger partial charge < -0.3 is 15.4 Å². The van der Waals surface area contributed by atoms with E-state index < -0.39 is 5.83 Å². The molecule has 1 aromatic carbocycles. The van der Waals surface area contributed by atoms with Crippen LogP contribution in [-0.4, -0.2) is 36.0 Å². The zero-order chi connectivity index (χ0) is 16.7. The number of ether oxygens (including phenoxy) is 1. The van der Waals surface area contributed by atoms with Crippen LogP contribution in [0.4, 0.5) is 4.39 Å². The number of hydrogen-bond acceptors (Lipinski definition) is 3. The molecule has 23 heavy (non-hydrogen) atoms. The lowest BCUT2D eigenvalue weighted by Crippen LogP contribution is -2.42. The van der Waals surface area contributed by atoms with Crippen molar-refractivity contribution in [3.63, 3.8) is 0 Å². The number of halogens is 2. The van der Waals surface area contributed by atoms with Crippen molar-refractivity contribution >= 4 is 18.3 Å². The van der Waals surface area contributed by atoms with Crippen molar-refractivity contribution in [1.29, 1.82) is 0 Å². The summed E-state index contributed by atoms with van der Waals surface area (Å²) in [6.45, 7) is 7.94. The molecule has 130 valence electrons. The van der Waals surface area contributed by atoms with E-state index in [1.807, 2.05) is 32.6 Å². The Morgan fingerprint density at radius 3 is 2.17 bits per heavy atom. The van der Waals surface area contributed by atoms with E-state index in [1.165, 1.54) is 6.08 Å². The molecule has 0 aliphatic rings. The van der Waals surface area contributed by atoms with Crippen LogP contribution in [0.1, 0.15) is 38.1 Å². The van der Waals surface area contributed by atoms with Gasteiger partial charge >= 0.3 is 0 Å². The lowest BCUT2D eigenvalue weighted by atomic mass is 10.1. The molecule has 1 rings (SSSR count). The second-order valence-corrected chi connectivity index (χ2v) is 5.60. The first-order valence-corrected chi connectivity index (χ1v) is 7.47. The smallest absolute Gasteiger partial charge is 0.254 e. The van der Waals surface area contributed by atoms with Crippen LogP contribution in [0.25, 0.3) is 0 Å². The first kappa shape index (κ1) is 21.4. The van der Waals surface area contributed by atoms with Crippen LogP contribution in [0.15, 0.2) is 36.2 Å². The molecule has 0 fully saturated rings. The molecule has 0 aliphatic heterocycles. The number of carbonyl (C=O) groups excluding carboxylic acids is 1. The van der Waals surface area contributed by atoms with Crippen molar-refractivity contribution in [3.05, 3.63) is 41.7 Å². The summed E-state index contributed by atoms with van der Waals surface area (Å²) in [4.78, 5) is 14.3. The van der Waals surface area contributed by atoms with Gasteiger partial charge in [0.15, 0.2) is 0 Å². The Morgan fingerprint density at radius 2 is 1.74 bits per heavy atom. The topological polar surface area (TPSA) is 55.6 Å². The lowest BCUT2D eigenvalue weighted by Gasteiger charge is -2.30. The summed E-state index contributed by atoms with van der Waals surface area (Å²) in [5, 5.41) is 0. The van der Waals surface area contributed by atoms with E-state index in [2.05, 4.69) is 0 Å². The summed E-state index contributed by atoms with van der Waals surface area (Å²) in [6, 6.07) is 6.97. The van der Waals surface area contributed by atoms with Crippen molar-refractivity contribution in [3.8, 4) is 5.75 Å². The lowest BCUT2D eigenvalue weighted by molar-refractivity contribution is 0.0643. The minimum Gasteiger partial charge on any atom is -0.487 e. The van der Waals surface area contributed by atoms with Crippen molar-refractivity contribution in [2.75, 3.05) is 13.2 Å². The molecule has 4 nitrogen and oxygen atoms in total. The minimum atomic E-state index is -0.409. The summed E-state index contributed by atoms with van der Waals surface area (Å²) in [6.07, 6.45) is 1.26. The Labute approximate surface area is 143 Å². The highest BCUT2D eigenvalue weighted by Crippen LogP contribution is 2.17. The minimum absolute atomic E-state index is 0. The third kappa shape index (κ3) is 6.59. The SMILES string of the molecule is CC(C)N(C(=O)c1ccc(OC/C(F)=C\CN)cc1)C(C)C.Cl. The van der Waals surface area contributed by atoms with Crippen molar-refractivity contribution in [2.45, 2.75) is 39.8 Å². The molecule has 6 heteroatoms. The molecular weight excluding hydrogens is 319 g/mol. The highest BCUT2D eigenvalue weighted by atomic mass is 35.5. The molecular formula is C17H26ClFN2O2. The van der Waals surface area contributed by atoms with E-state index in [1.54, 1.807) is 24.3 Å². The second-order valence-electron chi connectivity index (χ2n) is 5.60. The van der Waals surface area contributed by atoms with E-state index in [9.17, 15) is 9.18 Å². The fourth-order valence-corrected chi connectivity index (χ4v) is 2.25. The number of benzene rings is 1. The van der Waals surface area contributed by atoms with Gasteiger partial charge in [0.05, 0.1) is 0 Å². The zero-order valence-corrected chi connectivity index (χ0v) is 14.9. The van der Waals surface area contributed by atoms with Gasteiger partial charge in [-0.15, -0.1) is 12.4 Å². The maximum Gasteiger partial charge on any atom is 0.254 e. The van der Waals surface area contributed by atoms with Crippen LogP contribution < -0.4 is 10.5 Å². The van der Waals surface area contributed by atoms with Crippen molar-refractivity contribution < 1.29 is 13.9 Å². The average molecular weight is 345 g/mol. The number of amides is 1. The van der Waals surface area contributed by atoms with Gasteiger partial charge in [-0.05, 0) is 58.0 Å². The van der Waals surface area contributed by atoms with Gasteiger partial charge in [-0.2, -0.15) is 0 Å². The van der Waals surface area contributed by atoms with Crippen LogP contribution in [-0.2, 0) is 0 Å². The molecule has 0 bridgehead atoms.